The maximum absolute atomic E-state index is 6.23. The highest BCUT2D eigenvalue weighted by molar-refractivity contribution is 4.98. The van der Waals surface area contributed by atoms with Gasteiger partial charge in [-0.25, -0.2) is 0 Å². The van der Waals surface area contributed by atoms with E-state index in [1.54, 1.807) is 0 Å². The molecule has 2 bridgehead atoms. The van der Waals surface area contributed by atoms with Crippen LogP contribution in [0.25, 0.3) is 0 Å². The average Bonchev–Trinajstić information content (AvgIpc) is 2.24. The molecule has 0 radical (unpaired) electrons. The Morgan fingerprint density at radius 1 is 1.17 bits per heavy atom. The van der Waals surface area contributed by atoms with Crippen LogP contribution in [0.3, 0.4) is 0 Å². The van der Waals surface area contributed by atoms with Crippen molar-refractivity contribution in [1.29, 1.82) is 0 Å². The van der Waals surface area contributed by atoms with Crippen molar-refractivity contribution >= 4 is 0 Å². The van der Waals surface area contributed by atoms with Crippen LogP contribution >= 0.6 is 0 Å². The molecule has 0 aromatic carbocycles. The number of nitrogens with zero attached hydrogens (tertiary/aromatic N) is 2. The summed E-state index contributed by atoms with van der Waals surface area (Å²) in [4.78, 5) is 5.19. The van der Waals surface area contributed by atoms with Crippen molar-refractivity contribution < 1.29 is 0 Å². The summed E-state index contributed by atoms with van der Waals surface area (Å²) in [6, 6.07) is 2.64. The molecule has 0 aromatic heterocycles. The van der Waals surface area contributed by atoms with Crippen LogP contribution < -0.4 is 5.73 Å². The molecule has 3 heteroatoms. The van der Waals surface area contributed by atoms with Gasteiger partial charge >= 0.3 is 0 Å². The Bertz CT molecular complexity index is 250. The number of hydrogen-bond donors (Lipinski definition) is 1. The lowest BCUT2D eigenvalue weighted by Gasteiger charge is -2.53. The van der Waals surface area contributed by atoms with Crippen molar-refractivity contribution in [2.24, 2.45) is 11.7 Å². The Morgan fingerprint density at radius 2 is 1.72 bits per heavy atom. The van der Waals surface area contributed by atoms with Gasteiger partial charge in [0.05, 0.1) is 0 Å². The number of rotatable bonds is 4. The minimum Gasteiger partial charge on any atom is -0.328 e. The van der Waals surface area contributed by atoms with Gasteiger partial charge in [-0.15, -0.1) is 0 Å². The van der Waals surface area contributed by atoms with Crippen LogP contribution in [0.1, 0.15) is 46.0 Å². The van der Waals surface area contributed by atoms with Crippen molar-refractivity contribution in [1.82, 2.24) is 9.80 Å². The second kappa shape index (κ2) is 5.89. The van der Waals surface area contributed by atoms with E-state index in [1.165, 1.54) is 38.6 Å². The second-order valence-corrected chi connectivity index (χ2v) is 6.99. The third-order valence-electron chi connectivity index (χ3n) is 4.77. The minimum absolute atomic E-state index is 0.448. The van der Waals surface area contributed by atoms with Crippen molar-refractivity contribution in [3.05, 3.63) is 0 Å². The molecule has 0 amide bonds. The Labute approximate surface area is 113 Å². The van der Waals surface area contributed by atoms with Gasteiger partial charge in [-0.3, -0.25) is 4.90 Å². The molecule has 106 valence electrons. The Hall–Kier alpha value is -0.120. The van der Waals surface area contributed by atoms with E-state index in [1.807, 2.05) is 0 Å². The monoisotopic (exact) mass is 253 g/mol. The normalized spacial score (nSPS) is 35.2. The zero-order chi connectivity index (χ0) is 13.3. The van der Waals surface area contributed by atoms with Crippen LogP contribution in [0.5, 0.6) is 0 Å². The molecule has 2 fully saturated rings. The van der Waals surface area contributed by atoms with Crippen LogP contribution in [0.4, 0.5) is 0 Å². The molecule has 2 aliphatic rings. The Morgan fingerprint density at radius 3 is 2.17 bits per heavy atom. The summed E-state index contributed by atoms with van der Waals surface area (Å²) in [6.45, 7) is 5.93. The Balaban J connectivity index is 2.13. The predicted octanol–water partition coefficient (Wildman–Crippen LogP) is 1.92. The molecule has 2 N–H and O–H groups in total. The smallest absolute Gasteiger partial charge is 0.0251 e. The van der Waals surface area contributed by atoms with E-state index in [0.717, 1.165) is 18.0 Å². The fourth-order valence-corrected chi connectivity index (χ4v) is 4.02. The summed E-state index contributed by atoms with van der Waals surface area (Å²) < 4.78 is 0. The van der Waals surface area contributed by atoms with Gasteiger partial charge in [-0.2, -0.15) is 0 Å². The quantitative estimate of drug-likeness (QED) is 0.831. The van der Waals surface area contributed by atoms with Crippen molar-refractivity contribution in [3.8, 4) is 0 Å². The number of nitrogens with two attached hydrogens (primary N) is 1. The lowest BCUT2D eigenvalue weighted by molar-refractivity contribution is -0.0281. The molecule has 2 rings (SSSR count). The van der Waals surface area contributed by atoms with E-state index in [2.05, 4.69) is 37.7 Å². The van der Waals surface area contributed by atoms with Crippen molar-refractivity contribution in [2.45, 2.75) is 70.1 Å². The van der Waals surface area contributed by atoms with Gasteiger partial charge in [0.25, 0.3) is 0 Å². The van der Waals surface area contributed by atoms with E-state index < -0.39 is 0 Å². The van der Waals surface area contributed by atoms with Crippen molar-refractivity contribution in [2.75, 3.05) is 20.6 Å². The Kier molecular flexibility index (Phi) is 4.68. The summed E-state index contributed by atoms with van der Waals surface area (Å²) in [7, 11) is 4.39. The van der Waals surface area contributed by atoms with E-state index in [4.69, 9.17) is 5.73 Å². The lowest BCUT2D eigenvalue weighted by atomic mass is 9.79. The molecule has 3 nitrogen and oxygen atoms in total. The highest BCUT2D eigenvalue weighted by atomic mass is 15.3. The molecular formula is C15H31N3. The molecule has 3 atom stereocenters. The largest absolute Gasteiger partial charge is 0.328 e. The van der Waals surface area contributed by atoms with Gasteiger partial charge in [-0.1, -0.05) is 20.3 Å². The molecule has 0 saturated carbocycles. The average molecular weight is 253 g/mol. The summed E-state index contributed by atoms with van der Waals surface area (Å²) >= 11 is 0. The number of piperidine rings is 2. The van der Waals surface area contributed by atoms with Crippen LogP contribution in [-0.2, 0) is 0 Å². The molecule has 2 aliphatic heterocycles. The molecule has 0 aliphatic carbocycles. The van der Waals surface area contributed by atoms with Gasteiger partial charge in [-0.05, 0) is 45.7 Å². The maximum Gasteiger partial charge on any atom is 0.0251 e. The van der Waals surface area contributed by atoms with Crippen LogP contribution in [0.2, 0.25) is 0 Å². The first-order chi connectivity index (χ1) is 8.49. The summed E-state index contributed by atoms with van der Waals surface area (Å²) in [5.41, 5.74) is 6.23. The molecule has 0 spiro atoms. The SMILES string of the molecule is CC(C)C(CN(C)C)N1C2CCCC1CC(N)C2. The van der Waals surface area contributed by atoms with Crippen molar-refractivity contribution in [3.63, 3.8) is 0 Å². The molecule has 0 aromatic rings. The summed E-state index contributed by atoms with van der Waals surface area (Å²) in [5, 5.41) is 0. The minimum atomic E-state index is 0.448. The summed E-state index contributed by atoms with van der Waals surface area (Å²) in [6.07, 6.45) is 6.56. The zero-order valence-electron chi connectivity index (χ0n) is 12.6. The molecule has 3 unspecified atom stereocenters. The molecule has 2 saturated heterocycles. The topological polar surface area (TPSA) is 32.5 Å². The number of fused-ring (bicyclic) bond motifs is 2. The van der Waals surface area contributed by atoms with Gasteiger partial charge in [0, 0.05) is 30.7 Å². The molecule has 2 heterocycles. The van der Waals surface area contributed by atoms with Crippen LogP contribution in [0, 0.1) is 5.92 Å². The molecule has 18 heavy (non-hydrogen) atoms. The predicted molar refractivity (Wildman–Crippen MR) is 77.7 cm³/mol. The van der Waals surface area contributed by atoms with Gasteiger partial charge in [0.1, 0.15) is 0 Å². The summed E-state index contributed by atoms with van der Waals surface area (Å²) in [5.74, 6) is 0.727. The van der Waals surface area contributed by atoms with E-state index in [0.29, 0.717) is 12.1 Å². The van der Waals surface area contributed by atoms with Crippen LogP contribution in [0.15, 0.2) is 0 Å². The van der Waals surface area contributed by atoms with E-state index in [-0.39, 0.29) is 0 Å². The van der Waals surface area contributed by atoms with E-state index in [9.17, 15) is 0 Å². The van der Waals surface area contributed by atoms with E-state index >= 15 is 0 Å². The highest BCUT2D eigenvalue weighted by Crippen LogP contribution is 2.36. The first-order valence-corrected chi connectivity index (χ1v) is 7.66. The molecular weight excluding hydrogens is 222 g/mol. The third-order valence-corrected chi connectivity index (χ3v) is 4.77. The highest BCUT2D eigenvalue weighted by Gasteiger charge is 2.41. The first-order valence-electron chi connectivity index (χ1n) is 7.66. The van der Waals surface area contributed by atoms with Gasteiger partial charge in [0.15, 0.2) is 0 Å². The first kappa shape index (κ1) is 14.3. The fraction of sp³-hybridized carbons (Fsp3) is 1.00. The number of hydrogen-bond acceptors (Lipinski definition) is 3. The number of likely N-dealkylation sites (N-methyl/N-ethyl adjacent to an activating group) is 1. The lowest BCUT2D eigenvalue weighted by Crippen LogP contribution is -2.61. The third kappa shape index (κ3) is 3.06. The standard InChI is InChI=1S/C15H31N3/c1-11(2)15(10-17(3)4)18-13-6-5-7-14(18)9-12(16)8-13/h11-15H,5-10,16H2,1-4H3. The van der Waals surface area contributed by atoms with Gasteiger partial charge < -0.3 is 10.6 Å². The second-order valence-electron chi connectivity index (χ2n) is 6.99. The fourth-order valence-electron chi connectivity index (χ4n) is 4.02. The maximum atomic E-state index is 6.23. The van der Waals surface area contributed by atoms with Crippen LogP contribution in [-0.4, -0.2) is 54.6 Å². The zero-order valence-corrected chi connectivity index (χ0v) is 12.6. The van der Waals surface area contributed by atoms with Gasteiger partial charge in [0.2, 0.25) is 0 Å².